The molecular formula is C67H49N3O6S4. The lowest BCUT2D eigenvalue weighted by Gasteiger charge is -2.09. The predicted molar refractivity (Wildman–Crippen MR) is 335 cm³/mol. The van der Waals surface area contributed by atoms with Crippen LogP contribution in [-0.2, 0) is 0 Å². The van der Waals surface area contributed by atoms with Crippen molar-refractivity contribution in [2.75, 3.05) is 21.3 Å². The molecule has 0 radical (unpaired) electrons. The molecule has 8 aromatic carbocycles. The second kappa shape index (κ2) is 21.2. The molecule has 0 aliphatic heterocycles. The fraction of sp³-hybridized carbons (Fsp3) is 0.0448. The molecular weight excluding hydrogens is 1070 g/mol. The first-order valence-corrected chi connectivity index (χ1v) is 29.2. The van der Waals surface area contributed by atoms with E-state index in [1.54, 1.807) is 32.7 Å². The third kappa shape index (κ3) is 8.41. The van der Waals surface area contributed by atoms with Crippen LogP contribution in [-0.4, -0.2) is 50.4 Å². The molecule has 9 nitrogen and oxygen atoms in total. The van der Waals surface area contributed by atoms with Crippen molar-refractivity contribution in [1.29, 1.82) is 0 Å². The molecule has 15 aromatic rings. The third-order valence-electron chi connectivity index (χ3n) is 14.5. The highest BCUT2D eigenvalue weighted by molar-refractivity contribution is 7.15. The summed E-state index contributed by atoms with van der Waals surface area (Å²) in [6.07, 6.45) is 0. The summed E-state index contributed by atoms with van der Waals surface area (Å²) in [5.74, 6) is 3.13. The van der Waals surface area contributed by atoms with Gasteiger partial charge in [0.2, 0.25) is 0 Å². The summed E-state index contributed by atoms with van der Waals surface area (Å²) < 4.78 is 22.8. The van der Waals surface area contributed by atoms with E-state index in [4.69, 9.17) is 14.2 Å². The van der Waals surface area contributed by atoms with Crippen LogP contribution >= 0.6 is 45.3 Å². The van der Waals surface area contributed by atoms with Crippen LogP contribution < -0.4 is 14.2 Å². The van der Waals surface area contributed by atoms with E-state index in [1.807, 2.05) is 148 Å². The predicted octanol–water partition coefficient (Wildman–Crippen LogP) is 18.7. The van der Waals surface area contributed by atoms with Gasteiger partial charge in [0.15, 0.2) is 17.2 Å². The molecule has 80 heavy (non-hydrogen) atoms. The van der Waals surface area contributed by atoms with Crippen LogP contribution in [0.5, 0.6) is 34.5 Å². The molecule has 0 bridgehead atoms. The van der Waals surface area contributed by atoms with Crippen molar-refractivity contribution in [3.8, 4) is 82.9 Å². The summed E-state index contributed by atoms with van der Waals surface area (Å²) >= 11 is 6.16. The second-order valence-corrected chi connectivity index (χ2v) is 22.1. The highest BCUT2D eigenvalue weighted by Crippen LogP contribution is 2.50. The summed E-state index contributed by atoms with van der Waals surface area (Å²) in [5.41, 5.74) is 11.6. The Morgan fingerprint density at radius 2 is 0.650 bits per heavy atom. The molecule has 0 spiro atoms. The topological polar surface area (TPSA) is 103 Å². The van der Waals surface area contributed by atoms with Crippen LogP contribution in [0.3, 0.4) is 0 Å². The Morgan fingerprint density at radius 1 is 0.300 bits per heavy atom. The molecule has 0 unspecified atom stereocenters. The largest absolute Gasteiger partial charge is 0.504 e. The van der Waals surface area contributed by atoms with Crippen LogP contribution in [0, 0.1) is 0 Å². The molecule has 7 heterocycles. The Morgan fingerprint density at radius 3 is 1.07 bits per heavy atom. The first-order valence-electron chi connectivity index (χ1n) is 25.6. The van der Waals surface area contributed by atoms with Crippen molar-refractivity contribution in [1.82, 2.24) is 13.7 Å². The Hall–Kier alpha value is -9.24. The average Bonchev–Trinajstić information content (AvgIpc) is 4.43. The van der Waals surface area contributed by atoms with Crippen molar-refractivity contribution in [3.05, 3.63) is 221 Å². The number of fused-ring (bicyclic) bond motifs is 9. The van der Waals surface area contributed by atoms with E-state index in [0.29, 0.717) is 5.75 Å². The van der Waals surface area contributed by atoms with Crippen LogP contribution in [0.1, 0.15) is 0 Å². The van der Waals surface area contributed by atoms with E-state index in [2.05, 4.69) is 86.5 Å². The summed E-state index contributed by atoms with van der Waals surface area (Å²) in [5, 5.41) is 51.2. The third-order valence-corrected chi connectivity index (χ3v) is 18.2. The number of hydrogen-bond acceptors (Lipinski definition) is 10. The Labute approximate surface area is 476 Å². The molecule has 0 fully saturated rings. The number of rotatable bonds is 9. The van der Waals surface area contributed by atoms with Crippen molar-refractivity contribution in [2.45, 2.75) is 0 Å². The van der Waals surface area contributed by atoms with Crippen LogP contribution in [0.2, 0.25) is 0 Å². The van der Waals surface area contributed by atoms with Gasteiger partial charge in [-0.05, 0) is 54.6 Å². The van der Waals surface area contributed by atoms with Gasteiger partial charge in [-0.2, -0.15) is 0 Å². The molecule has 0 aliphatic carbocycles. The van der Waals surface area contributed by atoms with Crippen molar-refractivity contribution in [3.63, 3.8) is 0 Å². The van der Waals surface area contributed by atoms with Gasteiger partial charge >= 0.3 is 0 Å². The second-order valence-electron chi connectivity index (χ2n) is 18.8. The number of thiophene rings is 4. The molecule has 7 aromatic heterocycles. The Bertz CT molecular complexity index is 4400. The normalized spacial score (nSPS) is 11.3. The smallest absolute Gasteiger partial charge is 0.158 e. The van der Waals surface area contributed by atoms with E-state index in [-0.39, 0.29) is 11.5 Å². The minimum atomic E-state index is 0.274. The summed E-state index contributed by atoms with van der Waals surface area (Å²) in [7, 11) is 4.96. The monoisotopic (exact) mass is 1120 g/mol. The van der Waals surface area contributed by atoms with Gasteiger partial charge in [0, 0.05) is 81.5 Å². The molecule has 3 N–H and O–H groups in total. The molecule has 15 rings (SSSR count). The number of nitrogens with zero attached hydrogens (tertiary/aromatic N) is 3. The van der Waals surface area contributed by atoms with E-state index in [9.17, 15) is 15.3 Å². The van der Waals surface area contributed by atoms with E-state index in [0.717, 1.165) is 98.7 Å². The molecule has 0 atom stereocenters. The maximum atomic E-state index is 11.1. The highest BCUT2D eigenvalue weighted by Gasteiger charge is 2.24. The van der Waals surface area contributed by atoms with Gasteiger partial charge in [-0.1, -0.05) is 140 Å². The van der Waals surface area contributed by atoms with E-state index in [1.165, 1.54) is 66.3 Å². The number of aromatic hydroxyl groups is 3. The average molecular weight is 1120 g/mol. The molecule has 0 saturated heterocycles. The van der Waals surface area contributed by atoms with Crippen LogP contribution in [0.25, 0.3) is 114 Å². The van der Waals surface area contributed by atoms with Crippen molar-refractivity contribution in [2.24, 2.45) is 0 Å². The standard InChI is InChI=1S/2C23H17NO2S.C21H15NO2S2/c1-26-21-13-7-4-10-17(21)18-14-27-23(22(18)25)24-19-11-5-2-8-15(19)16-9-3-6-12-20(16)24;1-26-21-13-7-4-10-17(21)23-22(25)20(14-27-23)24-18-11-5-2-8-15(18)16-9-3-6-12-19(16)24;1-24-19-12-25-10-15(19)21-20(23)18(11-26-21)22-16-8-4-2-6-13(16)14-7-3-5-9-17(14)22/h2*2-14,25H,1H3;2-12,23H,1H3. The molecule has 0 aliphatic rings. The fourth-order valence-electron chi connectivity index (χ4n) is 10.9. The van der Waals surface area contributed by atoms with E-state index >= 15 is 0 Å². The summed E-state index contributed by atoms with van der Waals surface area (Å²) in [6, 6.07) is 65.3. The van der Waals surface area contributed by atoms with Crippen molar-refractivity contribution < 1.29 is 29.5 Å². The highest BCUT2D eigenvalue weighted by atomic mass is 32.1. The first-order chi connectivity index (χ1) is 39.4. The summed E-state index contributed by atoms with van der Waals surface area (Å²) in [4.78, 5) is 1.64. The van der Waals surface area contributed by atoms with Gasteiger partial charge in [0.05, 0.1) is 75.6 Å². The van der Waals surface area contributed by atoms with Gasteiger partial charge in [-0.3, -0.25) is 4.57 Å². The quantitative estimate of drug-likeness (QED) is 0.133. The lowest BCUT2D eigenvalue weighted by molar-refractivity contribution is 0.416. The minimum Gasteiger partial charge on any atom is -0.504 e. The molecule has 13 heteroatoms. The number of aromatic nitrogens is 3. The zero-order chi connectivity index (χ0) is 54.4. The lowest BCUT2D eigenvalue weighted by atomic mass is 10.1. The van der Waals surface area contributed by atoms with Crippen molar-refractivity contribution >= 4 is 111 Å². The number of ether oxygens (including phenoxy) is 3. The SMILES string of the molecule is COc1ccccc1-c1csc(-n2c3ccccc3c3ccccc32)c1O.COc1ccccc1-c1scc(-n2c3ccccc3c3ccccc32)c1O.COc1cscc1-c1scc(-n2c3ccccc3c3ccccc32)c1O. The Balaban J connectivity index is 0.000000113. The first kappa shape index (κ1) is 50.3. The lowest BCUT2D eigenvalue weighted by Crippen LogP contribution is -1.92. The number of hydrogen-bond donors (Lipinski definition) is 3. The zero-order valence-corrected chi connectivity index (χ0v) is 46.7. The molecule has 0 saturated carbocycles. The fourth-order valence-corrected chi connectivity index (χ4v) is 14.6. The van der Waals surface area contributed by atoms with Crippen LogP contribution in [0.15, 0.2) is 221 Å². The van der Waals surface area contributed by atoms with Gasteiger partial charge in [0.25, 0.3) is 0 Å². The Kier molecular flexibility index (Phi) is 13.3. The summed E-state index contributed by atoms with van der Waals surface area (Å²) in [6.45, 7) is 0. The maximum absolute atomic E-state index is 11.1. The minimum absolute atomic E-state index is 0.274. The number of benzene rings is 8. The van der Waals surface area contributed by atoms with Gasteiger partial charge in [0.1, 0.15) is 22.2 Å². The van der Waals surface area contributed by atoms with Gasteiger partial charge < -0.3 is 38.7 Å². The van der Waals surface area contributed by atoms with Crippen LogP contribution in [0.4, 0.5) is 0 Å². The number of para-hydroxylation sites is 8. The van der Waals surface area contributed by atoms with Gasteiger partial charge in [-0.25, -0.2) is 0 Å². The van der Waals surface area contributed by atoms with Gasteiger partial charge in [-0.15, -0.1) is 45.3 Å². The zero-order valence-electron chi connectivity index (χ0n) is 43.4. The number of methoxy groups -OCH3 is 3. The molecule has 392 valence electrons. The maximum Gasteiger partial charge on any atom is 0.158 e. The molecule has 0 amide bonds. The van der Waals surface area contributed by atoms with E-state index < -0.39 is 0 Å².